The highest BCUT2D eigenvalue weighted by Gasteiger charge is 2.28. The van der Waals surface area contributed by atoms with Crippen molar-refractivity contribution in [2.24, 2.45) is 0 Å². The van der Waals surface area contributed by atoms with Crippen LogP contribution >= 0.6 is 0 Å². The molecule has 3 rings (SSSR count). The van der Waals surface area contributed by atoms with Crippen LogP contribution in [0.5, 0.6) is 5.75 Å². The molecule has 1 unspecified atom stereocenters. The van der Waals surface area contributed by atoms with E-state index >= 15 is 0 Å². The lowest BCUT2D eigenvalue weighted by Crippen LogP contribution is -2.23. The Bertz CT molecular complexity index is 767. The molecule has 0 bridgehead atoms. The molecule has 108 valence electrons. The molecule has 0 saturated heterocycles. The molecule has 2 heterocycles. The second-order valence-corrected chi connectivity index (χ2v) is 4.99. The minimum absolute atomic E-state index is 0.133. The van der Waals surface area contributed by atoms with Gasteiger partial charge < -0.3 is 14.8 Å². The average Bonchev–Trinajstić information content (AvgIpc) is 2.86. The minimum Gasteiger partial charge on any atom is -0.492 e. The number of rotatable bonds is 3. The molecule has 1 aromatic heterocycles. The number of fused-ring (bicyclic) bond motifs is 1. The van der Waals surface area contributed by atoms with E-state index in [1.165, 1.54) is 0 Å². The maximum atomic E-state index is 12.1. The van der Waals surface area contributed by atoms with E-state index in [-0.39, 0.29) is 17.9 Å². The van der Waals surface area contributed by atoms with Gasteiger partial charge in [-0.15, -0.1) is 0 Å². The van der Waals surface area contributed by atoms with Gasteiger partial charge in [0.15, 0.2) is 0 Å². The number of hydrogen-bond donors (Lipinski definition) is 2. The van der Waals surface area contributed by atoms with Crippen LogP contribution in [0.15, 0.2) is 29.1 Å². The quantitative estimate of drug-likeness (QED) is 0.885. The summed E-state index contributed by atoms with van der Waals surface area (Å²) < 4.78 is 5.58. The molecule has 1 aliphatic heterocycles. The Morgan fingerprint density at radius 1 is 1.48 bits per heavy atom. The average molecular weight is 286 g/mol. The highest BCUT2D eigenvalue weighted by Crippen LogP contribution is 2.36. The predicted molar refractivity (Wildman–Crippen MR) is 74.7 cm³/mol. The maximum Gasteiger partial charge on any atom is 0.308 e. The molecule has 1 atom stereocenters. The Morgan fingerprint density at radius 2 is 2.24 bits per heavy atom. The normalized spacial score (nSPS) is 16.3. The van der Waals surface area contributed by atoms with Gasteiger partial charge in [-0.25, -0.2) is 4.98 Å². The standard InChI is InChI=1S/C15H14N2O4/c1-8-10(6-13(18)19)15(20)17-14(16-8)11-7-21-12-5-3-2-4-9(11)12/h2-5,11H,6-7H2,1H3,(H,18,19)(H,16,17,20). The molecule has 2 N–H and O–H groups in total. The van der Waals surface area contributed by atoms with Crippen molar-refractivity contribution in [1.82, 2.24) is 9.97 Å². The third-order valence-electron chi connectivity index (χ3n) is 3.60. The maximum absolute atomic E-state index is 12.1. The molecule has 1 aliphatic rings. The SMILES string of the molecule is Cc1nc(C2COc3ccccc32)[nH]c(=O)c1CC(=O)O. The fourth-order valence-corrected chi connectivity index (χ4v) is 2.55. The van der Waals surface area contributed by atoms with Crippen LogP contribution in [0.2, 0.25) is 0 Å². The van der Waals surface area contributed by atoms with Crippen molar-refractivity contribution in [1.29, 1.82) is 0 Å². The number of benzene rings is 1. The third-order valence-corrected chi connectivity index (χ3v) is 3.60. The van der Waals surface area contributed by atoms with Crippen molar-refractivity contribution in [3.8, 4) is 5.75 Å². The summed E-state index contributed by atoms with van der Waals surface area (Å²) in [6.45, 7) is 2.07. The fourth-order valence-electron chi connectivity index (χ4n) is 2.55. The van der Waals surface area contributed by atoms with Crippen LogP contribution in [0, 0.1) is 6.92 Å². The summed E-state index contributed by atoms with van der Waals surface area (Å²) in [7, 11) is 0. The second-order valence-electron chi connectivity index (χ2n) is 4.99. The van der Waals surface area contributed by atoms with Crippen LogP contribution in [0.3, 0.4) is 0 Å². The first-order chi connectivity index (χ1) is 10.1. The number of hydrogen-bond acceptors (Lipinski definition) is 4. The van der Waals surface area contributed by atoms with Gasteiger partial charge in [0.2, 0.25) is 0 Å². The number of carbonyl (C=O) groups is 1. The van der Waals surface area contributed by atoms with Crippen molar-refractivity contribution in [3.63, 3.8) is 0 Å². The molecule has 0 radical (unpaired) electrons. The zero-order chi connectivity index (χ0) is 15.0. The van der Waals surface area contributed by atoms with Crippen LogP contribution in [-0.2, 0) is 11.2 Å². The molecular formula is C15H14N2O4. The number of para-hydroxylation sites is 1. The van der Waals surface area contributed by atoms with Gasteiger partial charge in [0, 0.05) is 16.8 Å². The topological polar surface area (TPSA) is 92.3 Å². The number of carboxylic acid groups (broad SMARTS) is 1. The lowest BCUT2D eigenvalue weighted by molar-refractivity contribution is -0.136. The van der Waals surface area contributed by atoms with Gasteiger partial charge in [-0.05, 0) is 13.0 Å². The number of ether oxygens (including phenoxy) is 1. The zero-order valence-electron chi connectivity index (χ0n) is 11.4. The number of H-pyrrole nitrogens is 1. The Morgan fingerprint density at radius 3 is 2.95 bits per heavy atom. The van der Waals surface area contributed by atoms with E-state index in [9.17, 15) is 9.59 Å². The number of nitrogens with one attached hydrogen (secondary N) is 1. The molecule has 6 nitrogen and oxygen atoms in total. The molecule has 0 saturated carbocycles. The van der Waals surface area contributed by atoms with Crippen LogP contribution in [-0.4, -0.2) is 27.7 Å². The molecule has 2 aromatic rings. The summed E-state index contributed by atoms with van der Waals surface area (Å²) in [6.07, 6.45) is -0.327. The summed E-state index contributed by atoms with van der Waals surface area (Å²) in [5, 5.41) is 8.83. The van der Waals surface area contributed by atoms with Crippen molar-refractivity contribution in [2.75, 3.05) is 6.61 Å². The van der Waals surface area contributed by atoms with Crippen LogP contribution in [0.1, 0.15) is 28.6 Å². The van der Waals surface area contributed by atoms with E-state index in [1.807, 2.05) is 24.3 Å². The highest BCUT2D eigenvalue weighted by molar-refractivity contribution is 5.70. The highest BCUT2D eigenvalue weighted by atomic mass is 16.5. The first kappa shape index (κ1) is 13.4. The van der Waals surface area contributed by atoms with Gasteiger partial charge in [0.25, 0.3) is 5.56 Å². The Labute approximate surface area is 120 Å². The molecule has 0 spiro atoms. The summed E-state index contributed by atoms with van der Waals surface area (Å²) in [4.78, 5) is 29.9. The molecule has 6 heteroatoms. The predicted octanol–water partition coefficient (Wildman–Crippen LogP) is 1.23. The fraction of sp³-hybridized carbons (Fsp3) is 0.267. The lowest BCUT2D eigenvalue weighted by atomic mass is 10.00. The zero-order valence-corrected chi connectivity index (χ0v) is 11.4. The van der Waals surface area contributed by atoms with Gasteiger partial charge in [0.1, 0.15) is 18.2 Å². The van der Waals surface area contributed by atoms with Crippen LogP contribution < -0.4 is 10.3 Å². The summed E-state index contributed by atoms with van der Waals surface area (Å²) in [5.74, 6) is 0.119. The van der Waals surface area contributed by atoms with E-state index in [2.05, 4.69) is 9.97 Å². The first-order valence-electron chi connectivity index (χ1n) is 6.59. The number of aromatic nitrogens is 2. The number of aliphatic carboxylic acids is 1. The molecule has 0 aliphatic carbocycles. The van der Waals surface area contributed by atoms with Gasteiger partial charge >= 0.3 is 5.97 Å². The van der Waals surface area contributed by atoms with E-state index < -0.39 is 11.5 Å². The summed E-state index contributed by atoms with van der Waals surface area (Å²) in [5.41, 5.74) is 1.22. The Kier molecular flexibility index (Phi) is 3.21. The van der Waals surface area contributed by atoms with Gasteiger partial charge in [0.05, 0.1) is 12.3 Å². The van der Waals surface area contributed by atoms with Crippen molar-refractivity contribution in [3.05, 3.63) is 57.3 Å². The van der Waals surface area contributed by atoms with Crippen LogP contribution in [0.4, 0.5) is 0 Å². The number of carboxylic acids is 1. The number of aryl methyl sites for hydroxylation is 1. The summed E-state index contributed by atoms with van der Waals surface area (Å²) >= 11 is 0. The summed E-state index contributed by atoms with van der Waals surface area (Å²) in [6, 6.07) is 7.61. The van der Waals surface area contributed by atoms with E-state index in [4.69, 9.17) is 9.84 Å². The molecule has 0 fully saturated rings. The third kappa shape index (κ3) is 2.40. The Balaban J connectivity index is 2.02. The molecule has 0 amide bonds. The minimum atomic E-state index is -1.05. The van der Waals surface area contributed by atoms with Gasteiger partial charge in [-0.1, -0.05) is 18.2 Å². The van der Waals surface area contributed by atoms with Crippen molar-refractivity contribution in [2.45, 2.75) is 19.3 Å². The van der Waals surface area contributed by atoms with Crippen molar-refractivity contribution >= 4 is 5.97 Å². The van der Waals surface area contributed by atoms with Crippen LogP contribution in [0.25, 0.3) is 0 Å². The lowest BCUT2D eigenvalue weighted by Gasteiger charge is -2.10. The van der Waals surface area contributed by atoms with E-state index in [1.54, 1.807) is 6.92 Å². The molecular weight excluding hydrogens is 272 g/mol. The monoisotopic (exact) mass is 286 g/mol. The Hall–Kier alpha value is -2.63. The van der Waals surface area contributed by atoms with E-state index in [0.717, 1.165) is 11.3 Å². The van der Waals surface area contributed by atoms with E-state index in [0.29, 0.717) is 18.1 Å². The smallest absolute Gasteiger partial charge is 0.308 e. The second kappa shape index (κ2) is 5.05. The number of aromatic amines is 1. The van der Waals surface area contributed by atoms with Gasteiger partial charge in [-0.2, -0.15) is 0 Å². The number of nitrogens with zero attached hydrogens (tertiary/aromatic N) is 1. The van der Waals surface area contributed by atoms with Gasteiger partial charge in [-0.3, -0.25) is 9.59 Å². The molecule has 1 aromatic carbocycles. The first-order valence-corrected chi connectivity index (χ1v) is 6.59. The van der Waals surface area contributed by atoms with Crippen molar-refractivity contribution < 1.29 is 14.6 Å². The molecule has 21 heavy (non-hydrogen) atoms. The largest absolute Gasteiger partial charge is 0.492 e.